The summed E-state index contributed by atoms with van der Waals surface area (Å²) in [5.41, 5.74) is 3.66. The number of carbonyl (C=O) groups is 1. The molecule has 0 aromatic heterocycles. The van der Waals surface area contributed by atoms with E-state index in [1.54, 1.807) is 23.1 Å². The van der Waals surface area contributed by atoms with Crippen molar-refractivity contribution in [2.75, 3.05) is 19.0 Å². The van der Waals surface area contributed by atoms with Crippen LogP contribution in [0.2, 0.25) is 5.02 Å². The fourth-order valence-electron chi connectivity index (χ4n) is 2.17. The molecule has 0 spiro atoms. The molecule has 0 saturated heterocycles. The van der Waals surface area contributed by atoms with E-state index in [1.165, 1.54) is 19.3 Å². The Balaban J connectivity index is 2.13. The van der Waals surface area contributed by atoms with Crippen LogP contribution in [-0.4, -0.2) is 24.4 Å². The van der Waals surface area contributed by atoms with Crippen LogP contribution in [0, 0.1) is 5.92 Å². The summed E-state index contributed by atoms with van der Waals surface area (Å²) in [5.74, 6) is 6.02. The van der Waals surface area contributed by atoms with Gasteiger partial charge in [-0.3, -0.25) is 10.6 Å². The van der Waals surface area contributed by atoms with Crippen molar-refractivity contribution in [1.29, 1.82) is 0 Å². The molecular weight excluding hydrogens is 250 g/mol. The molecule has 0 unspecified atom stereocenters. The summed E-state index contributed by atoms with van der Waals surface area (Å²) in [6.07, 6.45) is 3.71. The minimum atomic E-state index is -0.0441. The van der Waals surface area contributed by atoms with Gasteiger partial charge in [-0.15, -0.1) is 0 Å². The maximum Gasteiger partial charge on any atom is 0.255 e. The van der Waals surface area contributed by atoms with Crippen molar-refractivity contribution in [2.45, 2.75) is 19.3 Å². The monoisotopic (exact) mass is 267 g/mol. The number of rotatable bonds is 4. The first-order chi connectivity index (χ1) is 8.61. The minimum absolute atomic E-state index is 0.0441. The van der Waals surface area contributed by atoms with E-state index in [-0.39, 0.29) is 5.91 Å². The molecule has 1 aliphatic carbocycles. The van der Waals surface area contributed by atoms with E-state index in [0.29, 0.717) is 22.2 Å². The molecule has 3 N–H and O–H groups in total. The number of nitrogens with one attached hydrogen (secondary N) is 1. The van der Waals surface area contributed by atoms with Crippen molar-refractivity contribution < 1.29 is 4.79 Å². The van der Waals surface area contributed by atoms with Gasteiger partial charge in [-0.05, 0) is 37.0 Å². The molecule has 0 radical (unpaired) electrons. The first-order valence-electron chi connectivity index (χ1n) is 6.13. The SMILES string of the molecule is CN(CC1CCC1)C(=O)c1cc(Cl)ccc1NN. The molecule has 1 aromatic carbocycles. The van der Waals surface area contributed by atoms with Crippen LogP contribution in [0.5, 0.6) is 0 Å². The normalized spacial score (nSPS) is 15.1. The Labute approximate surface area is 112 Å². The number of anilines is 1. The van der Waals surface area contributed by atoms with Crippen molar-refractivity contribution in [3.8, 4) is 0 Å². The second-order valence-electron chi connectivity index (χ2n) is 4.82. The molecule has 0 bridgehead atoms. The molecule has 1 fully saturated rings. The van der Waals surface area contributed by atoms with Gasteiger partial charge < -0.3 is 10.3 Å². The number of nitrogens with zero attached hydrogens (tertiary/aromatic N) is 1. The fraction of sp³-hybridized carbons (Fsp3) is 0.462. The zero-order chi connectivity index (χ0) is 13.1. The van der Waals surface area contributed by atoms with Crippen molar-refractivity contribution in [1.82, 2.24) is 4.90 Å². The highest BCUT2D eigenvalue weighted by Crippen LogP contribution is 2.28. The Bertz CT molecular complexity index is 446. The molecule has 0 aliphatic heterocycles. The minimum Gasteiger partial charge on any atom is -0.341 e. The molecule has 1 aliphatic rings. The van der Waals surface area contributed by atoms with Gasteiger partial charge in [0.2, 0.25) is 0 Å². The van der Waals surface area contributed by atoms with Crippen LogP contribution < -0.4 is 11.3 Å². The van der Waals surface area contributed by atoms with Crippen LogP contribution in [0.3, 0.4) is 0 Å². The Morgan fingerprint density at radius 1 is 1.56 bits per heavy atom. The Morgan fingerprint density at radius 2 is 2.28 bits per heavy atom. The smallest absolute Gasteiger partial charge is 0.255 e. The van der Waals surface area contributed by atoms with E-state index in [4.69, 9.17) is 17.4 Å². The maximum atomic E-state index is 12.3. The van der Waals surface area contributed by atoms with Crippen LogP contribution >= 0.6 is 11.6 Å². The molecule has 98 valence electrons. The number of hydrogen-bond acceptors (Lipinski definition) is 3. The Morgan fingerprint density at radius 3 is 2.83 bits per heavy atom. The van der Waals surface area contributed by atoms with Gasteiger partial charge >= 0.3 is 0 Å². The predicted octanol–water partition coefficient (Wildman–Crippen LogP) is 2.50. The first-order valence-corrected chi connectivity index (χ1v) is 6.51. The lowest BCUT2D eigenvalue weighted by Gasteiger charge is -2.30. The molecule has 1 aromatic rings. The summed E-state index contributed by atoms with van der Waals surface area (Å²) >= 11 is 5.93. The van der Waals surface area contributed by atoms with Crippen LogP contribution in [0.25, 0.3) is 0 Å². The molecule has 2 rings (SSSR count). The van der Waals surface area contributed by atoms with Crippen LogP contribution in [0.15, 0.2) is 18.2 Å². The second-order valence-corrected chi connectivity index (χ2v) is 5.25. The van der Waals surface area contributed by atoms with Crippen molar-refractivity contribution in [3.05, 3.63) is 28.8 Å². The summed E-state index contributed by atoms with van der Waals surface area (Å²) < 4.78 is 0. The van der Waals surface area contributed by atoms with Gasteiger partial charge in [0, 0.05) is 18.6 Å². The standard InChI is InChI=1S/C13H18ClN3O/c1-17(8-9-3-2-4-9)13(18)11-7-10(14)5-6-12(11)16-15/h5-7,9,16H,2-4,8,15H2,1H3. The zero-order valence-corrected chi connectivity index (χ0v) is 11.2. The molecule has 0 heterocycles. The Hall–Kier alpha value is -1.26. The lowest BCUT2D eigenvalue weighted by atomic mass is 9.85. The van der Waals surface area contributed by atoms with Gasteiger partial charge in [-0.1, -0.05) is 18.0 Å². The van der Waals surface area contributed by atoms with Gasteiger partial charge in [0.25, 0.3) is 5.91 Å². The largest absolute Gasteiger partial charge is 0.341 e. The average Bonchev–Trinajstić information content (AvgIpc) is 2.32. The fourth-order valence-corrected chi connectivity index (χ4v) is 2.34. The van der Waals surface area contributed by atoms with E-state index in [9.17, 15) is 4.79 Å². The van der Waals surface area contributed by atoms with Crippen LogP contribution in [0.1, 0.15) is 29.6 Å². The average molecular weight is 268 g/mol. The third-order valence-corrected chi connectivity index (χ3v) is 3.71. The highest BCUT2D eigenvalue weighted by molar-refractivity contribution is 6.31. The third-order valence-electron chi connectivity index (χ3n) is 3.47. The number of hydrogen-bond donors (Lipinski definition) is 2. The number of carbonyl (C=O) groups excluding carboxylic acids is 1. The predicted molar refractivity (Wildman–Crippen MR) is 73.6 cm³/mol. The molecule has 4 nitrogen and oxygen atoms in total. The lowest BCUT2D eigenvalue weighted by molar-refractivity contribution is 0.0746. The van der Waals surface area contributed by atoms with E-state index >= 15 is 0 Å². The molecule has 5 heteroatoms. The molecule has 1 saturated carbocycles. The summed E-state index contributed by atoms with van der Waals surface area (Å²) in [5, 5.41) is 0.536. The number of nitrogen functional groups attached to an aromatic ring is 1. The maximum absolute atomic E-state index is 12.3. The number of halogens is 1. The van der Waals surface area contributed by atoms with Crippen molar-refractivity contribution in [3.63, 3.8) is 0 Å². The van der Waals surface area contributed by atoms with Crippen LogP contribution in [-0.2, 0) is 0 Å². The Kier molecular flexibility index (Phi) is 4.09. The molecule has 0 atom stereocenters. The van der Waals surface area contributed by atoms with Gasteiger partial charge in [0.1, 0.15) is 0 Å². The van der Waals surface area contributed by atoms with Gasteiger partial charge in [0.05, 0.1) is 11.3 Å². The van der Waals surface area contributed by atoms with Gasteiger partial charge in [-0.25, -0.2) is 0 Å². The number of benzene rings is 1. The molecule has 1 amide bonds. The third kappa shape index (κ3) is 2.76. The first kappa shape index (κ1) is 13.2. The number of nitrogens with two attached hydrogens (primary N) is 1. The summed E-state index contributed by atoms with van der Waals surface area (Å²) in [4.78, 5) is 14.1. The summed E-state index contributed by atoms with van der Waals surface area (Å²) in [6.45, 7) is 0.801. The molecular formula is C13H18ClN3O. The van der Waals surface area contributed by atoms with E-state index < -0.39 is 0 Å². The summed E-state index contributed by atoms with van der Waals surface area (Å²) in [6, 6.07) is 5.07. The van der Waals surface area contributed by atoms with Crippen LogP contribution in [0.4, 0.5) is 5.69 Å². The van der Waals surface area contributed by atoms with Gasteiger partial charge in [-0.2, -0.15) is 0 Å². The van der Waals surface area contributed by atoms with E-state index in [1.807, 2.05) is 7.05 Å². The summed E-state index contributed by atoms with van der Waals surface area (Å²) in [7, 11) is 1.82. The van der Waals surface area contributed by atoms with Crippen molar-refractivity contribution in [2.24, 2.45) is 11.8 Å². The highest BCUT2D eigenvalue weighted by atomic mass is 35.5. The second kappa shape index (κ2) is 5.59. The van der Waals surface area contributed by atoms with Gasteiger partial charge in [0.15, 0.2) is 0 Å². The number of hydrazine groups is 1. The topological polar surface area (TPSA) is 58.4 Å². The molecule has 18 heavy (non-hydrogen) atoms. The van der Waals surface area contributed by atoms with E-state index in [2.05, 4.69) is 5.43 Å². The lowest BCUT2D eigenvalue weighted by Crippen LogP contribution is -2.34. The number of amides is 1. The quantitative estimate of drug-likeness (QED) is 0.651. The zero-order valence-electron chi connectivity index (χ0n) is 10.4. The van der Waals surface area contributed by atoms with Crippen molar-refractivity contribution >= 4 is 23.2 Å². The van der Waals surface area contributed by atoms with E-state index in [0.717, 1.165) is 6.54 Å². The highest BCUT2D eigenvalue weighted by Gasteiger charge is 2.23.